The maximum atomic E-state index is 14.1. The maximum Gasteiger partial charge on any atom is 0.338 e. The van der Waals surface area contributed by atoms with E-state index in [9.17, 15) is 14.0 Å². The minimum absolute atomic E-state index is 0.291. The molecule has 31 heavy (non-hydrogen) atoms. The summed E-state index contributed by atoms with van der Waals surface area (Å²) in [5.74, 6) is -0.965. The second-order valence-corrected chi connectivity index (χ2v) is 7.92. The summed E-state index contributed by atoms with van der Waals surface area (Å²) in [5, 5.41) is 0. The molecule has 0 amide bonds. The molecule has 0 fully saturated rings. The number of halogens is 1. The van der Waals surface area contributed by atoms with Gasteiger partial charge in [0.05, 0.1) is 29.0 Å². The number of rotatable bonds is 4. The molecule has 0 spiro atoms. The van der Waals surface area contributed by atoms with Crippen LogP contribution < -0.4 is 14.9 Å². The Balaban J connectivity index is 1.90. The Bertz CT molecular complexity index is 1380. The number of aromatic nitrogens is 1. The van der Waals surface area contributed by atoms with Gasteiger partial charge in [0, 0.05) is 5.56 Å². The first-order valence-electron chi connectivity index (χ1n) is 9.58. The number of ether oxygens (including phenoxy) is 1. The third-order valence-electron chi connectivity index (χ3n) is 4.93. The van der Waals surface area contributed by atoms with E-state index in [1.807, 2.05) is 36.4 Å². The molecule has 156 valence electrons. The fourth-order valence-corrected chi connectivity index (χ4v) is 4.46. The lowest BCUT2D eigenvalue weighted by Crippen LogP contribution is -2.38. The molecule has 0 saturated heterocycles. The second-order valence-electron chi connectivity index (χ2n) is 6.91. The van der Waals surface area contributed by atoms with Gasteiger partial charge in [-0.3, -0.25) is 9.36 Å². The van der Waals surface area contributed by atoms with Crippen LogP contribution in [0.2, 0.25) is 0 Å². The number of allylic oxidation sites excluding steroid dienone is 2. The topological polar surface area (TPSA) is 60.7 Å². The van der Waals surface area contributed by atoms with Gasteiger partial charge in [-0.2, -0.15) is 0 Å². The predicted octanol–water partition coefficient (Wildman–Crippen LogP) is 3.21. The van der Waals surface area contributed by atoms with Crippen molar-refractivity contribution in [1.29, 1.82) is 0 Å². The quantitative estimate of drug-likeness (QED) is 0.593. The largest absolute Gasteiger partial charge is 0.466 e. The van der Waals surface area contributed by atoms with E-state index in [0.717, 1.165) is 16.9 Å². The molecule has 0 aliphatic carbocycles. The van der Waals surface area contributed by atoms with E-state index in [1.165, 1.54) is 23.8 Å². The zero-order chi connectivity index (χ0) is 22.0. The van der Waals surface area contributed by atoms with E-state index in [2.05, 4.69) is 4.99 Å². The predicted molar refractivity (Wildman–Crippen MR) is 119 cm³/mol. The average molecular weight is 434 g/mol. The van der Waals surface area contributed by atoms with Crippen molar-refractivity contribution in [3.63, 3.8) is 0 Å². The average Bonchev–Trinajstić information content (AvgIpc) is 3.08. The highest BCUT2D eigenvalue weighted by molar-refractivity contribution is 7.07. The number of hydrogen-bond acceptors (Lipinski definition) is 5. The third-order valence-corrected chi connectivity index (χ3v) is 5.91. The smallest absolute Gasteiger partial charge is 0.338 e. The summed E-state index contributed by atoms with van der Waals surface area (Å²) in [7, 11) is 1.30. The van der Waals surface area contributed by atoms with Gasteiger partial charge < -0.3 is 4.74 Å². The number of esters is 1. The van der Waals surface area contributed by atoms with E-state index in [0.29, 0.717) is 26.2 Å². The molecule has 2 aromatic carbocycles. The highest BCUT2D eigenvalue weighted by atomic mass is 32.1. The van der Waals surface area contributed by atoms with Crippen LogP contribution in [0.4, 0.5) is 4.39 Å². The van der Waals surface area contributed by atoms with Crippen molar-refractivity contribution >= 4 is 29.5 Å². The molecule has 1 aliphatic rings. The Morgan fingerprint density at radius 2 is 1.87 bits per heavy atom. The van der Waals surface area contributed by atoms with Crippen LogP contribution in [0, 0.1) is 5.82 Å². The molecular weight excluding hydrogens is 415 g/mol. The summed E-state index contributed by atoms with van der Waals surface area (Å²) in [6, 6.07) is 15.1. The Morgan fingerprint density at radius 3 is 2.58 bits per heavy atom. The van der Waals surface area contributed by atoms with Gasteiger partial charge >= 0.3 is 5.97 Å². The molecular formula is C24H19FN2O3S. The molecule has 0 bridgehead atoms. The Morgan fingerprint density at radius 1 is 1.16 bits per heavy atom. The maximum absolute atomic E-state index is 14.1. The lowest BCUT2D eigenvalue weighted by Gasteiger charge is -2.21. The van der Waals surface area contributed by atoms with Crippen molar-refractivity contribution in [2.24, 2.45) is 4.99 Å². The Kier molecular flexibility index (Phi) is 5.77. The van der Waals surface area contributed by atoms with E-state index < -0.39 is 17.8 Å². The van der Waals surface area contributed by atoms with Crippen molar-refractivity contribution in [3.05, 3.63) is 109 Å². The standard InChI is InChI=1S/C24H19FN2O3S/c1-15-21(23(29)30-2)19(13-12-16-8-4-3-5-9-16)27-22(28)20(31-24(27)26-15)14-17-10-6-7-11-18(17)25/h3-14,19H,1-2H3/b13-12+,20-14?. The highest BCUT2D eigenvalue weighted by Gasteiger charge is 2.30. The number of carbonyl (C=O) groups is 1. The zero-order valence-corrected chi connectivity index (χ0v) is 17.7. The molecule has 1 atom stereocenters. The van der Waals surface area contributed by atoms with Crippen LogP contribution >= 0.6 is 11.3 Å². The SMILES string of the molecule is COC(=O)C1=C(C)N=c2sc(=Cc3ccccc3F)c(=O)n2C1/C=C/c1ccccc1. The van der Waals surface area contributed by atoms with Crippen LogP contribution in [0.15, 0.2) is 81.7 Å². The van der Waals surface area contributed by atoms with Crippen LogP contribution in [0.1, 0.15) is 24.1 Å². The summed E-state index contributed by atoms with van der Waals surface area (Å²) < 4.78 is 20.9. The van der Waals surface area contributed by atoms with Gasteiger partial charge in [-0.1, -0.05) is 72.0 Å². The van der Waals surface area contributed by atoms with Gasteiger partial charge in [-0.15, -0.1) is 0 Å². The Hall–Kier alpha value is -3.58. The molecule has 4 rings (SSSR count). The van der Waals surface area contributed by atoms with Gasteiger partial charge in [0.25, 0.3) is 5.56 Å². The van der Waals surface area contributed by atoms with Gasteiger partial charge in [0.15, 0.2) is 4.80 Å². The summed E-state index contributed by atoms with van der Waals surface area (Å²) in [4.78, 5) is 30.7. The van der Waals surface area contributed by atoms with Crippen LogP contribution in [-0.2, 0) is 9.53 Å². The highest BCUT2D eigenvalue weighted by Crippen LogP contribution is 2.26. The van der Waals surface area contributed by atoms with Crippen LogP contribution in [-0.4, -0.2) is 17.6 Å². The van der Waals surface area contributed by atoms with E-state index in [4.69, 9.17) is 4.74 Å². The third kappa shape index (κ3) is 4.04. The zero-order valence-electron chi connectivity index (χ0n) is 16.9. The normalized spacial score (nSPS) is 16.4. The lowest BCUT2D eigenvalue weighted by molar-refractivity contribution is -0.136. The van der Waals surface area contributed by atoms with Crippen LogP contribution in [0.25, 0.3) is 12.2 Å². The molecule has 1 unspecified atom stereocenters. The summed E-state index contributed by atoms with van der Waals surface area (Å²) >= 11 is 1.16. The molecule has 0 N–H and O–H groups in total. The van der Waals surface area contributed by atoms with Crippen molar-refractivity contribution in [3.8, 4) is 0 Å². The van der Waals surface area contributed by atoms with Crippen molar-refractivity contribution in [1.82, 2.24) is 4.57 Å². The number of nitrogens with zero attached hydrogens (tertiary/aromatic N) is 2. The van der Waals surface area contributed by atoms with Crippen LogP contribution in [0.3, 0.4) is 0 Å². The molecule has 0 radical (unpaired) electrons. The van der Waals surface area contributed by atoms with Crippen molar-refractivity contribution in [2.45, 2.75) is 13.0 Å². The molecule has 2 heterocycles. The van der Waals surface area contributed by atoms with Gasteiger partial charge in [0.2, 0.25) is 0 Å². The molecule has 0 saturated carbocycles. The van der Waals surface area contributed by atoms with Gasteiger partial charge in [0.1, 0.15) is 5.82 Å². The van der Waals surface area contributed by atoms with E-state index in [1.54, 1.807) is 31.2 Å². The number of methoxy groups -OCH3 is 1. The fraction of sp³-hybridized carbons (Fsp3) is 0.125. The number of benzene rings is 2. The molecule has 1 aromatic heterocycles. The number of fused-ring (bicyclic) bond motifs is 1. The second kappa shape index (κ2) is 8.65. The summed E-state index contributed by atoms with van der Waals surface area (Å²) in [6.45, 7) is 1.71. The summed E-state index contributed by atoms with van der Waals surface area (Å²) in [6.07, 6.45) is 5.14. The van der Waals surface area contributed by atoms with Crippen molar-refractivity contribution in [2.75, 3.05) is 7.11 Å². The Labute approximate surface area is 181 Å². The number of hydrogen-bond donors (Lipinski definition) is 0. The van der Waals surface area contributed by atoms with Crippen molar-refractivity contribution < 1.29 is 13.9 Å². The minimum Gasteiger partial charge on any atom is -0.466 e. The number of carbonyl (C=O) groups excluding carboxylic acids is 1. The summed E-state index contributed by atoms with van der Waals surface area (Å²) in [5.41, 5.74) is 1.67. The molecule has 3 aromatic rings. The minimum atomic E-state index is -0.688. The lowest BCUT2D eigenvalue weighted by atomic mass is 10.0. The van der Waals surface area contributed by atoms with Gasteiger partial charge in [-0.25, -0.2) is 14.2 Å². The molecule has 7 heteroatoms. The van der Waals surface area contributed by atoms with E-state index in [-0.39, 0.29) is 5.56 Å². The van der Waals surface area contributed by atoms with Crippen LogP contribution in [0.5, 0.6) is 0 Å². The monoisotopic (exact) mass is 434 g/mol. The first-order valence-corrected chi connectivity index (χ1v) is 10.4. The first-order chi connectivity index (χ1) is 15.0. The number of thiazole rings is 1. The molecule has 1 aliphatic heterocycles. The van der Waals surface area contributed by atoms with Gasteiger partial charge in [-0.05, 0) is 24.6 Å². The molecule has 5 nitrogen and oxygen atoms in total. The van der Waals surface area contributed by atoms with E-state index >= 15 is 0 Å². The fourth-order valence-electron chi connectivity index (χ4n) is 3.42. The first kappa shape index (κ1) is 20.7.